The maximum Gasteiger partial charge on any atom is 0.274 e. The molecule has 0 fully saturated rings. The summed E-state index contributed by atoms with van der Waals surface area (Å²) in [5.41, 5.74) is 6.52. The molecule has 0 bridgehead atoms. The Bertz CT molecular complexity index is 378. The van der Waals surface area contributed by atoms with E-state index >= 15 is 0 Å². The first kappa shape index (κ1) is 13.9. The molecule has 0 saturated carbocycles. The normalized spacial score (nSPS) is 12.4. The van der Waals surface area contributed by atoms with Crippen LogP contribution in [0.3, 0.4) is 0 Å². The summed E-state index contributed by atoms with van der Waals surface area (Å²) in [7, 11) is 0. The SMILES string of the molecule is CCC(CSC)NC(=O)c1nn(CC)cc1N. The summed E-state index contributed by atoms with van der Waals surface area (Å²) < 4.78 is 1.67. The Labute approximate surface area is 106 Å². The smallest absolute Gasteiger partial charge is 0.274 e. The second-order valence-electron chi connectivity index (χ2n) is 3.82. The van der Waals surface area contributed by atoms with Crippen LogP contribution in [-0.2, 0) is 6.54 Å². The van der Waals surface area contributed by atoms with Gasteiger partial charge in [-0.3, -0.25) is 9.48 Å². The van der Waals surface area contributed by atoms with Crippen LogP contribution in [0.15, 0.2) is 6.20 Å². The highest BCUT2D eigenvalue weighted by Gasteiger charge is 2.17. The number of hydrogen-bond donors (Lipinski definition) is 2. The average Bonchev–Trinajstić information content (AvgIpc) is 2.70. The largest absolute Gasteiger partial charge is 0.396 e. The number of carbonyl (C=O) groups is 1. The summed E-state index contributed by atoms with van der Waals surface area (Å²) in [6, 6.07) is 0.170. The van der Waals surface area contributed by atoms with Crippen LogP contribution in [0.5, 0.6) is 0 Å². The minimum atomic E-state index is -0.185. The molecule has 1 unspecified atom stereocenters. The van der Waals surface area contributed by atoms with Gasteiger partial charge in [-0.15, -0.1) is 0 Å². The number of rotatable bonds is 6. The molecule has 3 N–H and O–H groups in total. The van der Waals surface area contributed by atoms with Crippen molar-refractivity contribution >= 4 is 23.4 Å². The third kappa shape index (κ3) is 3.66. The van der Waals surface area contributed by atoms with Crippen molar-refractivity contribution in [3.8, 4) is 0 Å². The number of nitrogens with one attached hydrogen (secondary N) is 1. The predicted octanol–water partition coefficient (Wildman–Crippen LogP) is 1.36. The number of hydrogen-bond acceptors (Lipinski definition) is 4. The monoisotopic (exact) mass is 256 g/mol. The van der Waals surface area contributed by atoms with E-state index in [-0.39, 0.29) is 11.9 Å². The lowest BCUT2D eigenvalue weighted by Gasteiger charge is -2.14. The molecule has 0 radical (unpaired) electrons. The Morgan fingerprint density at radius 1 is 1.65 bits per heavy atom. The van der Waals surface area contributed by atoms with Crippen LogP contribution < -0.4 is 11.1 Å². The summed E-state index contributed by atoms with van der Waals surface area (Å²) in [4.78, 5) is 12.0. The van der Waals surface area contributed by atoms with Crippen LogP contribution in [0.4, 0.5) is 5.69 Å². The van der Waals surface area contributed by atoms with Crippen LogP contribution in [0.1, 0.15) is 30.8 Å². The van der Waals surface area contributed by atoms with Crippen molar-refractivity contribution in [1.82, 2.24) is 15.1 Å². The van der Waals surface area contributed by atoms with Crippen molar-refractivity contribution in [2.75, 3.05) is 17.7 Å². The van der Waals surface area contributed by atoms with Gasteiger partial charge in [-0.2, -0.15) is 16.9 Å². The average molecular weight is 256 g/mol. The molecule has 17 heavy (non-hydrogen) atoms. The van der Waals surface area contributed by atoms with E-state index in [1.165, 1.54) is 0 Å². The quantitative estimate of drug-likeness (QED) is 0.806. The maximum absolute atomic E-state index is 12.0. The van der Waals surface area contributed by atoms with Crippen molar-refractivity contribution in [3.05, 3.63) is 11.9 Å². The lowest BCUT2D eigenvalue weighted by Crippen LogP contribution is -2.36. The molecule has 1 atom stereocenters. The number of amides is 1. The van der Waals surface area contributed by atoms with Gasteiger partial charge in [0.2, 0.25) is 0 Å². The number of nitrogens with two attached hydrogens (primary N) is 1. The molecule has 5 nitrogen and oxygen atoms in total. The molecular weight excluding hydrogens is 236 g/mol. The van der Waals surface area contributed by atoms with Crippen molar-refractivity contribution in [3.63, 3.8) is 0 Å². The molecule has 1 rings (SSSR count). The van der Waals surface area contributed by atoms with E-state index in [4.69, 9.17) is 5.73 Å². The number of carbonyl (C=O) groups excluding carboxylic acids is 1. The summed E-state index contributed by atoms with van der Waals surface area (Å²) in [6.07, 6.45) is 4.61. The van der Waals surface area contributed by atoms with Gasteiger partial charge in [0.1, 0.15) is 0 Å². The number of nitrogens with zero attached hydrogens (tertiary/aromatic N) is 2. The molecule has 1 heterocycles. The first-order chi connectivity index (χ1) is 8.12. The topological polar surface area (TPSA) is 72.9 Å². The third-order valence-corrected chi connectivity index (χ3v) is 3.26. The standard InChI is InChI=1S/C11H20N4OS/c1-4-8(7-17-3)13-11(16)10-9(12)6-15(5-2)14-10/h6,8H,4-5,7,12H2,1-3H3,(H,13,16). The summed E-state index contributed by atoms with van der Waals surface area (Å²) in [5.74, 6) is 0.715. The first-order valence-electron chi connectivity index (χ1n) is 5.75. The Hall–Kier alpha value is -1.17. The van der Waals surface area contributed by atoms with Gasteiger partial charge in [0, 0.05) is 24.5 Å². The van der Waals surface area contributed by atoms with Gasteiger partial charge in [-0.05, 0) is 19.6 Å². The molecule has 1 aromatic rings. The molecule has 0 saturated heterocycles. The molecule has 0 spiro atoms. The van der Waals surface area contributed by atoms with Gasteiger partial charge in [0.15, 0.2) is 5.69 Å². The molecule has 0 aliphatic rings. The fourth-order valence-electron chi connectivity index (χ4n) is 1.49. The van der Waals surface area contributed by atoms with Crippen molar-refractivity contribution in [2.45, 2.75) is 32.9 Å². The molecule has 1 amide bonds. The minimum absolute atomic E-state index is 0.170. The third-order valence-electron chi connectivity index (χ3n) is 2.52. The zero-order valence-electron chi connectivity index (χ0n) is 10.6. The van der Waals surface area contributed by atoms with Crippen molar-refractivity contribution < 1.29 is 4.79 Å². The first-order valence-corrected chi connectivity index (χ1v) is 7.14. The van der Waals surface area contributed by atoms with E-state index in [0.717, 1.165) is 12.2 Å². The minimum Gasteiger partial charge on any atom is -0.396 e. The number of thioether (sulfide) groups is 1. The number of aryl methyl sites for hydroxylation is 1. The van der Waals surface area contributed by atoms with Gasteiger partial charge in [-0.25, -0.2) is 0 Å². The Morgan fingerprint density at radius 3 is 2.82 bits per heavy atom. The van der Waals surface area contributed by atoms with Gasteiger partial charge < -0.3 is 11.1 Å². The van der Waals surface area contributed by atoms with Crippen LogP contribution in [0, 0.1) is 0 Å². The van der Waals surface area contributed by atoms with E-state index in [9.17, 15) is 4.79 Å². The van der Waals surface area contributed by atoms with E-state index in [1.807, 2.05) is 13.2 Å². The van der Waals surface area contributed by atoms with Crippen molar-refractivity contribution in [2.24, 2.45) is 0 Å². The van der Waals surface area contributed by atoms with Gasteiger partial charge in [-0.1, -0.05) is 6.92 Å². The molecule has 6 heteroatoms. The molecule has 1 aromatic heterocycles. The Kier molecular flexibility index (Phi) is 5.34. The van der Waals surface area contributed by atoms with Crippen molar-refractivity contribution in [1.29, 1.82) is 0 Å². The Morgan fingerprint density at radius 2 is 2.35 bits per heavy atom. The van der Waals surface area contributed by atoms with Crippen LogP contribution in [-0.4, -0.2) is 33.7 Å². The zero-order chi connectivity index (χ0) is 12.8. The second kappa shape index (κ2) is 6.54. The molecular formula is C11H20N4OS. The highest BCUT2D eigenvalue weighted by atomic mass is 32.2. The van der Waals surface area contributed by atoms with Crippen LogP contribution in [0.2, 0.25) is 0 Å². The molecule has 0 aliphatic carbocycles. The van der Waals surface area contributed by atoms with Gasteiger partial charge in [0.05, 0.1) is 5.69 Å². The highest BCUT2D eigenvalue weighted by molar-refractivity contribution is 7.98. The maximum atomic E-state index is 12.0. The lowest BCUT2D eigenvalue weighted by atomic mass is 10.2. The summed E-state index contributed by atoms with van der Waals surface area (Å²) >= 11 is 1.71. The van der Waals surface area contributed by atoms with E-state index in [2.05, 4.69) is 17.3 Å². The predicted molar refractivity (Wildman–Crippen MR) is 72.2 cm³/mol. The van der Waals surface area contributed by atoms with Gasteiger partial charge >= 0.3 is 0 Å². The second-order valence-corrected chi connectivity index (χ2v) is 4.73. The van der Waals surface area contributed by atoms with E-state index < -0.39 is 0 Å². The Balaban J connectivity index is 2.71. The van der Waals surface area contributed by atoms with E-state index in [0.29, 0.717) is 17.9 Å². The number of nitrogen functional groups attached to an aromatic ring is 1. The summed E-state index contributed by atoms with van der Waals surface area (Å²) in [6.45, 7) is 4.71. The lowest BCUT2D eigenvalue weighted by molar-refractivity contribution is 0.0935. The van der Waals surface area contributed by atoms with Crippen LogP contribution >= 0.6 is 11.8 Å². The molecule has 0 aliphatic heterocycles. The van der Waals surface area contributed by atoms with E-state index in [1.54, 1.807) is 22.6 Å². The fraction of sp³-hybridized carbons (Fsp3) is 0.636. The number of aromatic nitrogens is 2. The van der Waals surface area contributed by atoms with Crippen LogP contribution in [0.25, 0.3) is 0 Å². The number of anilines is 1. The highest BCUT2D eigenvalue weighted by Crippen LogP contribution is 2.10. The summed E-state index contributed by atoms with van der Waals surface area (Å²) in [5, 5.41) is 7.10. The molecule has 0 aromatic carbocycles. The fourth-order valence-corrected chi connectivity index (χ4v) is 2.21. The zero-order valence-corrected chi connectivity index (χ0v) is 11.4. The molecule has 96 valence electrons. The van der Waals surface area contributed by atoms with Gasteiger partial charge in [0.25, 0.3) is 5.91 Å².